The number of imide groups is 1. The summed E-state index contributed by atoms with van der Waals surface area (Å²) in [6.07, 6.45) is 3.99. The first-order valence-electron chi connectivity index (χ1n) is 10.3. The fourth-order valence-electron chi connectivity index (χ4n) is 4.48. The minimum atomic E-state index is -1.08. The summed E-state index contributed by atoms with van der Waals surface area (Å²) in [7, 11) is 0. The molecule has 0 spiro atoms. The Morgan fingerprint density at radius 1 is 1.07 bits per heavy atom. The van der Waals surface area contributed by atoms with Gasteiger partial charge in [0.05, 0.1) is 24.8 Å². The van der Waals surface area contributed by atoms with Crippen molar-refractivity contribution in [2.75, 3.05) is 13.2 Å². The van der Waals surface area contributed by atoms with Gasteiger partial charge in [0.2, 0.25) is 0 Å². The number of nitrogens with one attached hydrogen (secondary N) is 1. The zero-order valence-electron chi connectivity index (χ0n) is 16.8. The van der Waals surface area contributed by atoms with Crippen molar-refractivity contribution in [3.05, 3.63) is 57.6 Å². The number of halogens is 1. The van der Waals surface area contributed by atoms with Gasteiger partial charge in [0.1, 0.15) is 5.54 Å². The topological polar surface area (TPSA) is 67.9 Å². The van der Waals surface area contributed by atoms with Crippen LogP contribution in [0.25, 0.3) is 0 Å². The van der Waals surface area contributed by atoms with Crippen LogP contribution in [0.3, 0.4) is 0 Å². The lowest BCUT2D eigenvalue weighted by molar-refractivity contribution is -0.131. The number of amides is 3. The highest BCUT2D eigenvalue weighted by atomic mass is 35.5. The van der Waals surface area contributed by atoms with Gasteiger partial charge in [0.15, 0.2) is 11.5 Å². The van der Waals surface area contributed by atoms with E-state index in [0.29, 0.717) is 35.3 Å². The van der Waals surface area contributed by atoms with Crippen LogP contribution in [0.15, 0.2) is 30.3 Å². The monoisotopic (exact) mass is 426 g/mol. The molecule has 3 amide bonds. The average Bonchev–Trinajstić information content (AvgIpc) is 3.17. The van der Waals surface area contributed by atoms with Gasteiger partial charge in [-0.05, 0) is 60.6 Å². The zero-order valence-corrected chi connectivity index (χ0v) is 17.6. The molecule has 1 aliphatic carbocycles. The van der Waals surface area contributed by atoms with E-state index in [1.807, 2.05) is 6.07 Å². The lowest BCUT2D eigenvalue weighted by Crippen LogP contribution is -2.40. The molecule has 156 valence electrons. The average molecular weight is 427 g/mol. The highest BCUT2D eigenvalue weighted by molar-refractivity contribution is 6.32. The standard InChI is InChI=1S/C23H23ClN2O4/c1-23(17-7-6-15-4-2-5-16(15)12-17)21(27)26(22(28)25-23)13-14-10-18(24)20-19(11-14)29-8-3-9-30-20/h6-7,10-12H,2-5,8-9,13H2,1H3,(H,25,28). The first kappa shape index (κ1) is 19.2. The molecule has 0 saturated carbocycles. The number of hydrogen-bond acceptors (Lipinski definition) is 4. The van der Waals surface area contributed by atoms with Gasteiger partial charge in [0.25, 0.3) is 5.91 Å². The minimum Gasteiger partial charge on any atom is -0.489 e. The molecule has 1 unspecified atom stereocenters. The number of ether oxygens (including phenoxy) is 2. The number of carbonyl (C=O) groups is 2. The van der Waals surface area contributed by atoms with E-state index in [2.05, 4.69) is 17.4 Å². The maximum Gasteiger partial charge on any atom is 0.325 e. The van der Waals surface area contributed by atoms with E-state index >= 15 is 0 Å². The number of benzene rings is 2. The molecular formula is C23H23ClN2O4. The summed E-state index contributed by atoms with van der Waals surface area (Å²) in [6.45, 7) is 2.96. The Bertz CT molecular complexity index is 1050. The number of fused-ring (bicyclic) bond motifs is 2. The third kappa shape index (κ3) is 3.10. The highest BCUT2D eigenvalue weighted by Gasteiger charge is 2.49. The SMILES string of the molecule is CC1(c2ccc3c(c2)CCC3)NC(=O)N(Cc2cc(Cl)c3c(c2)OCCCO3)C1=O. The Balaban J connectivity index is 1.42. The van der Waals surface area contributed by atoms with Crippen LogP contribution in [0.2, 0.25) is 5.02 Å². The van der Waals surface area contributed by atoms with Gasteiger partial charge in [-0.3, -0.25) is 9.69 Å². The molecule has 5 rings (SSSR count). The van der Waals surface area contributed by atoms with Gasteiger partial charge in [-0.25, -0.2) is 4.79 Å². The molecule has 0 aromatic heterocycles. The fourth-order valence-corrected chi connectivity index (χ4v) is 4.76. The van der Waals surface area contributed by atoms with Crippen molar-refractivity contribution in [2.45, 2.75) is 44.7 Å². The second-order valence-corrected chi connectivity index (χ2v) is 8.65. The second-order valence-electron chi connectivity index (χ2n) is 8.24. The molecule has 2 aromatic carbocycles. The summed E-state index contributed by atoms with van der Waals surface area (Å²) >= 11 is 6.38. The van der Waals surface area contributed by atoms with Gasteiger partial charge >= 0.3 is 6.03 Å². The Kier molecular flexibility index (Phi) is 4.62. The highest BCUT2D eigenvalue weighted by Crippen LogP contribution is 2.39. The number of rotatable bonds is 3. The van der Waals surface area contributed by atoms with E-state index in [-0.39, 0.29) is 12.5 Å². The lowest BCUT2D eigenvalue weighted by Gasteiger charge is -2.23. The van der Waals surface area contributed by atoms with Crippen LogP contribution in [0.5, 0.6) is 11.5 Å². The molecule has 2 aliphatic heterocycles. The molecule has 2 heterocycles. The van der Waals surface area contributed by atoms with Gasteiger partial charge in [-0.1, -0.05) is 29.8 Å². The predicted molar refractivity (Wildman–Crippen MR) is 112 cm³/mol. The summed E-state index contributed by atoms with van der Waals surface area (Å²) in [5.41, 5.74) is 3.05. The third-order valence-corrected chi connectivity index (χ3v) is 6.43. The second kappa shape index (κ2) is 7.20. The predicted octanol–water partition coefficient (Wildman–Crippen LogP) is 3.96. The van der Waals surface area contributed by atoms with Crippen molar-refractivity contribution >= 4 is 23.5 Å². The molecule has 1 saturated heterocycles. The molecule has 0 radical (unpaired) electrons. The molecule has 0 bridgehead atoms. The Hall–Kier alpha value is -2.73. The third-order valence-electron chi connectivity index (χ3n) is 6.15. The van der Waals surface area contributed by atoms with E-state index in [4.69, 9.17) is 21.1 Å². The van der Waals surface area contributed by atoms with Crippen molar-refractivity contribution in [1.29, 1.82) is 0 Å². The maximum absolute atomic E-state index is 13.3. The Labute approximate surface area is 180 Å². The summed E-state index contributed by atoms with van der Waals surface area (Å²) in [5.74, 6) is 0.787. The molecule has 2 aromatic rings. The number of hydrogen-bond donors (Lipinski definition) is 1. The molecular weight excluding hydrogens is 404 g/mol. The van der Waals surface area contributed by atoms with Gasteiger partial charge in [-0.2, -0.15) is 0 Å². The molecule has 30 heavy (non-hydrogen) atoms. The number of nitrogens with zero attached hydrogens (tertiary/aromatic N) is 1. The van der Waals surface area contributed by atoms with Crippen LogP contribution in [0.4, 0.5) is 4.79 Å². The molecule has 1 N–H and O–H groups in total. The van der Waals surface area contributed by atoms with Crippen molar-refractivity contribution in [3.8, 4) is 11.5 Å². The van der Waals surface area contributed by atoms with Crippen LogP contribution in [-0.2, 0) is 29.7 Å². The van der Waals surface area contributed by atoms with Crippen LogP contribution >= 0.6 is 11.6 Å². The van der Waals surface area contributed by atoms with E-state index < -0.39 is 11.6 Å². The molecule has 3 aliphatic rings. The Morgan fingerprint density at radius 3 is 2.73 bits per heavy atom. The van der Waals surface area contributed by atoms with Crippen LogP contribution in [0.1, 0.15) is 42.0 Å². The van der Waals surface area contributed by atoms with E-state index in [1.54, 1.807) is 19.1 Å². The number of carbonyl (C=O) groups excluding carboxylic acids is 2. The summed E-state index contributed by atoms with van der Waals surface area (Å²) in [5, 5.41) is 3.31. The van der Waals surface area contributed by atoms with Crippen molar-refractivity contribution in [3.63, 3.8) is 0 Å². The fraction of sp³-hybridized carbons (Fsp3) is 0.391. The maximum atomic E-state index is 13.3. The molecule has 7 heteroatoms. The summed E-state index contributed by atoms with van der Waals surface area (Å²) in [6, 6.07) is 9.20. The smallest absolute Gasteiger partial charge is 0.325 e. The van der Waals surface area contributed by atoms with Crippen LogP contribution < -0.4 is 14.8 Å². The normalized spacial score (nSPS) is 22.7. The van der Waals surface area contributed by atoms with Crippen molar-refractivity contribution in [1.82, 2.24) is 10.2 Å². The minimum absolute atomic E-state index is 0.113. The summed E-state index contributed by atoms with van der Waals surface area (Å²) in [4.78, 5) is 27.3. The zero-order chi connectivity index (χ0) is 20.9. The van der Waals surface area contributed by atoms with E-state index in [1.165, 1.54) is 16.0 Å². The summed E-state index contributed by atoms with van der Waals surface area (Å²) < 4.78 is 11.4. The number of urea groups is 1. The van der Waals surface area contributed by atoms with Crippen molar-refractivity contribution in [2.24, 2.45) is 0 Å². The number of aryl methyl sites for hydroxylation is 2. The largest absolute Gasteiger partial charge is 0.489 e. The quantitative estimate of drug-likeness (QED) is 0.754. The van der Waals surface area contributed by atoms with Crippen molar-refractivity contribution < 1.29 is 19.1 Å². The van der Waals surface area contributed by atoms with Crippen LogP contribution in [0, 0.1) is 0 Å². The van der Waals surface area contributed by atoms with Gasteiger partial charge in [-0.15, -0.1) is 0 Å². The van der Waals surface area contributed by atoms with E-state index in [9.17, 15) is 9.59 Å². The van der Waals surface area contributed by atoms with Crippen LogP contribution in [-0.4, -0.2) is 30.1 Å². The first-order chi connectivity index (χ1) is 14.5. The molecule has 1 atom stereocenters. The molecule has 1 fully saturated rings. The molecule has 6 nitrogen and oxygen atoms in total. The van der Waals surface area contributed by atoms with Gasteiger partial charge < -0.3 is 14.8 Å². The van der Waals surface area contributed by atoms with Gasteiger partial charge in [0, 0.05) is 6.42 Å². The first-order valence-corrected chi connectivity index (χ1v) is 10.7. The lowest BCUT2D eigenvalue weighted by atomic mass is 9.89. The van der Waals surface area contributed by atoms with E-state index in [0.717, 1.165) is 31.2 Å². The Morgan fingerprint density at radius 2 is 1.87 bits per heavy atom.